The summed E-state index contributed by atoms with van der Waals surface area (Å²) in [7, 11) is 0. The van der Waals surface area contributed by atoms with E-state index >= 15 is 0 Å². The molecule has 0 fully saturated rings. The second-order valence-corrected chi connectivity index (χ2v) is 7.18. The number of thiazole rings is 1. The normalized spacial score (nSPS) is 11.0. The summed E-state index contributed by atoms with van der Waals surface area (Å²) in [6.45, 7) is 4.55. The molecule has 24 heavy (non-hydrogen) atoms. The van der Waals surface area contributed by atoms with E-state index in [1.54, 1.807) is 0 Å². The van der Waals surface area contributed by atoms with Crippen LogP contribution in [0.1, 0.15) is 40.7 Å². The van der Waals surface area contributed by atoms with Crippen LogP contribution in [0.5, 0.6) is 0 Å². The number of amides is 1. The van der Waals surface area contributed by atoms with Gasteiger partial charge >= 0.3 is 0 Å². The Morgan fingerprint density at radius 1 is 1.25 bits per heavy atom. The van der Waals surface area contributed by atoms with Gasteiger partial charge in [0, 0.05) is 24.0 Å². The minimum absolute atomic E-state index is 0.0930. The first-order valence-electron chi connectivity index (χ1n) is 7.71. The van der Waals surface area contributed by atoms with Crippen molar-refractivity contribution in [1.29, 1.82) is 0 Å². The van der Waals surface area contributed by atoms with E-state index in [0.717, 1.165) is 16.4 Å². The van der Waals surface area contributed by atoms with Crippen molar-refractivity contribution < 1.29 is 4.79 Å². The highest BCUT2D eigenvalue weighted by Crippen LogP contribution is 2.27. The van der Waals surface area contributed by atoms with E-state index in [1.807, 2.05) is 67.2 Å². The Morgan fingerprint density at radius 3 is 2.54 bits per heavy atom. The number of hydrogen-bond acceptors (Lipinski definition) is 3. The standard InChI is InChI=1S/C18H18ClN3OS/c1-12(2)15-16(24-18(21-15)22-9-3-4-10-22)17(23)20-11-13-5-7-14(19)8-6-13/h3-10,12H,11H2,1-2H3,(H,20,23). The van der Waals surface area contributed by atoms with Crippen molar-refractivity contribution in [3.8, 4) is 5.13 Å². The van der Waals surface area contributed by atoms with Gasteiger partial charge in [-0.3, -0.25) is 4.79 Å². The predicted octanol–water partition coefficient (Wildman–Crippen LogP) is 4.64. The third kappa shape index (κ3) is 3.68. The van der Waals surface area contributed by atoms with Gasteiger partial charge in [-0.1, -0.05) is 48.9 Å². The lowest BCUT2D eigenvalue weighted by atomic mass is 10.1. The van der Waals surface area contributed by atoms with Gasteiger partial charge in [-0.25, -0.2) is 4.98 Å². The Balaban J connectivity index is 1.79. The monoisotopic (exact) mass is 359 g/mol. The van der Waals surface area contributed by atoms with Crippen LogP contribution in [0.4, 0.5) is 0 Å². The van der Waals surface area contributed by atoms with Crippen LogP contribution >= 0.6 is 22.9 Å². The Kier molecular flexibility index (Phi) is 5.02. The largest absolute Gasteiger partial charge is 0.347 e. The lowest BCUT2D eigenvalue weighted by Gasteiger charge is -2.07. The molecule has 0 aliphatic carbocycles. The minimum atomic E-state index is -0.0930. The number of carbonyl (C=O) groups is 1. The van der Waals surface area contributed by atoms with E-state index in [-0.39, 0.29) is 11.8 Å². The average Bonchev–Trinajstić information content (AvgIpc) is 3.23. The quantitative estimate of drug-likeness (QED) is 0.721. The predicted molar refractivity (Wildman–Crippen MR) is 98.2 cm³/mol. The zero-order valence-corrected chi connectivity index (χ0v) is 15.1. The molecule has 0 aliphatic rings. The summed E-state index contributed by atoms with van der Waals surface area (Å²) in [6, 6.07) is 11.3. The van der Waals surface area contributed by atoms with Gasteiger partial charge in [0.05, 0.1) is 5.69 Å². The number of nitrogens with one attached hydrogen (secondary N) is 1. The molecular formula is C18H18ClN3OS. The van der Waals surface area contributed by atoms with Crippen molar-refractivity contribution in [2.24, 2.45) is 0 Å². The van der Waals surface area contributed by atoms with Gasteiger partial charge in [0.15, 0.2) is 5.13 Å². The van der Waals surface area contributed by atoms with Crippen LogP contribution in [-0.2, 0) is 6.54 Å². The highest BCUT2D eigenvalue weighted by Gasteiger charge is 2.20. The van der Waals surface area contributed by atoms with E-state index in [9.17, 15) is 4.79 Å². The molecule has 0 saturated carbocycles. The van der Waals surface area contributed by atoms with Crippen LogP contribution in [0.3, 0.4) is 0 Å². The summed E-state index contributed by atoms with van der Waals surface area (Å²) in [6.07, 6.45) is 3.86. The van der Waals surface area contributed by atoms with E-state index in [2.05, 4.69) is 10.3 Å². The van der Waals surface area contributed by atoms with Crippen LogP contribution in [0, 0.1) is 0 Å². The first-order valence-corrected chi connectivity index (χ1v) is 8.90. The average molecular weight is 360 g/mol. The van der Waals surface area contributed by atoms with E-state index in [4.69, 9.17) is 11.6 Å². The van der Waals surface area contributed by atoms with Crippen LogP contribution in [0.2, 0.25) is 5.02 Å². The molecule has 6 heteroatoms. The third-order valence-corrected chi connectivity index (χ3v) is 4.92. The van der Waals surface area contributed by atoms with E-state index in [1.165, 1.54) is 11.3 Å². The molecule has 3 aromatic rings. The summed E-state index contributed by atoms with van der Waals surface area (Å²) in [5.41, 5.74) is 1.84. The van der Waals surface area contributed by atoms with Crippen LogP contribution in [-0.4, -0.2) is 15.5 Å². The van der Waals surface area contributed by atoms with Gasteiger partial charge in [-0.15, -0.1) is 0 Å². The molecule has 0 bridgehead atoms. The van der Waals surface area contributed by atoms with Crippen LogP contribution < -0.4 is 5.32 Å². The number of hydrogen-bond donors (Lipinski definition) is 1. The SMILES string of the molecule is CC(C)c1nc(-n2cccc2)sc1C(=O)NCc1ccc(Cl)cc1. The van der Waals surface area contributed by atoms with Crippen LogP contribution in [0.15, 0.2) is 48.8 Å². The smallest absolute Gasteiger partial charge is 0.263 e. The topological polar surface area (TPSA) is 46.9 Å². The maximum atomic E-state index is 12.6. The number of aromatic nitrogens is 2. The van der Waals surface area contributed by atoms with Crippen molar-refractivity contribution in [2.75, 3.05) is 0 Å². The van der Waals surface area contributed by atoms with Crippen molar-refractivity contribution >= 4 is 28.8 Å². The zero-order valence-electron chi connectivity index (χ0n) is 13.5. The zero-order chi connectivity index (χ0) is 17.1. The van der Waals surface area contributed by atoms with Gasteiger partial charge in [0.1, 0.15) is 4.88 Å². The Morgan fingerprint density at radius 2 is 1.92 bits per heavy atom. The second kappa shape index (κ2) is 7.20. The fourth-order valence-electron chi connectivity index (χ4n) is 2.31. The molecule has 0 atom stereocenters. The Hall–Kier alpha value is -2.11. The molecule has 0 spiro atoms. The summed E-state index contributed by atoms with van der Waals surface area (Å²) in [4.78, 5) is 17.9. The highest BCUT2D eigenvalue weighted by atomic mass is 35.5. The molecule has 1 amide bonds. The third-order valence-electron chi connectivity index (χ3n) is 3.59. The van der Waals surface area contributed by atoms with Crippen LogP contribution in [0.25, 0.3) is 5.13 Å². The Bertz CT molecular complexity index is 823. The van der Waals surface area contributed by atoms with E-state index in [0.29, 0.717) is 16.4 Å². The lowest BCUT2D eigenvalue weighted by molar-refractivity contribution is 0.0953. The maximum absolute atomic E-state index is 12.6. The molecule has 2 heterocycles. The van der Waals surface area contributed by atoms with Crippen molar-refractivity contribution in [3.05, 3.63) is 69.9 Å². The number of benzene rings is 1. The number of nitrogens with zero attached hydrogens (tertiary/aromatic N) is 2. The molecule has 1 aromatic carbocycles. The molecule has 1 N–H and O–H groups in total. The summed E-state index contributed by atoms with van der Waals surface area (Å²) < 4.78 is 1.92. The Labute approximate surface area is 150 Å². The van der Waals surface area contributed by atoms with Crippen molar-refractivity contribution in [2.45, 2.75) is 26.3 Å². The van der Waals surface area contributed by atoms with Crippen molar-refractivity contribution in [1.82, 2.24) is 14.9 Å². The number of halogens is 1. The molecule has 0 unspecified atom stereocenters. The molecule has 0 radical (unpaired) electrons. The minimum Gasteiger partial charge on any atom is -0.347 e. The first kappa shape index (κ1) is 16.7. The van der Waals surface area contributed by atoms with Gasteiger partial charge in [0.2, 0.25) is 0 Å². The summed E-state index contributed by atoms with van der Waals surface area (Å²) >= 11 is 7.29. The molecule has 0 saturated heterocycles. The fourth-order valence-corrected chi connectivity index (χ4v) is 3.54. The highest BCUT2D eigenvalue weighted by molar-refractivity contribution is 7.16. The van der Waals surface area contributed by atoms with Gasteiger partial charge in [-0.05, 0) is 35.7 Å². The number of rotatable bonds is 5. The molecule has 124 valence electrons. The number of carbonyl (C=O) groups excluding carboxylic acids is 1. The van der Waals surface area contributed by atoms with Crippen molar-refractivity contribution in [3.63, 3.8) is 0 Å². The summed E-state index contributed by atoms with van der Waals surface area (Å²) in [5, 5.41) is 4.46. The molecule has 2 aromatic heterocycles. The van der Waals surface area contributed by atoms with E-state index < -0.39 is 0 Å². The van der Waals surface area contributed by atoms with Gasteiger partial charge < -0.3 is 9.88 Å². The molecule has 4 nitrogen and oxygen atoms in total. The second-order valence-electron chi connectivity index (χ2n) is 5.76. The molecular weight excluding hydrogens is 342 g/mol. The first-order chi connectivity index (χ1) is 11.5. The molecule has 0 aliphatic heterocycles. The maximum Gasteiger partial charge on any atom is 0.263 e. The van der Waals surface area contributed by atoms with Gasteiger partial charge in [0.25, 0.3) is 5.91 Å². The lowest BCUT2D eigenvalue weighted by Crippen LogP contribution is -2.23. The van der Waals surface area contributed by atoms with Gasteiger partial charge in [-0.2, -0.15) is 0 Å². The fraction of sp³-hybridized carbons (Fsp3) is 0.222. The summed E-state index contributed by atoms with van der Waals surface area (Å²) in [5.74, 6) is 0.0893. The molecule has 3 rings (SSSR count).